The summed E-state index contributed by atoms with van der Waals surface area (Å²) in [6.07, 6.45) is 0. The summed E-state index contributed by atoms with van der Waals surface area (Å²) in [5, 5.41) is 4.94. The molecule has 0 unspecified atom stereocenters. The number of nitrogens with zero attached hydrogens (tertiary/aromatic N) is 4. The van der Waals surface area contributed by atoms with Crippen LogP contribution in [-0.2, 0) is 0 Å². The van der Waals surface area contributed by atoms with Crippen LogP contribution in [0.15, 0.2) is 194 Å². The van der Waals surface area contributed by atoms with Crippen molar-refractivity contribution in [3.63, 3.8) is 0 Å². The highest BCUT2D eigenvalue weighted by molar-refractivity contribution is 7.26. The average molecular weight is 733 g/mol. The molecule has 262 valence electrons. The van der Waals surface area contributed by atoms with E-state index in [-0.39, 0.29) is 0 Å². The third kappa shape index (κ3) is 5.24. The van der Waals surface area contributed by atoms with Crippen LogP contribution < -0.4 is 0 Å². The molecule has 0 aliphatic rings. The molecule has 0 radical (unpaired) electrons. The normalized spacial score (nSPS) is 11.6. The van der Waals surface area contributed by atoms with Gasteiger partial charge in [0.2, 0.25) is 0 Å². The van der Waals surface area contributed by atoms with E-state index in [9.17, 15) is 0 Å². The summed E-state index contributed by atoms with van der Waals surface area (Å²) >= 11 is 1.86. The molecule has 0 aliphatic carbocycles. The predicted octanol–water partition coefficient (Wildman–Crippen LogP) is 13.7. The Morgan fingerprint density at radius 2 is 0.839 bits per heavy atom. The molecule has 3 aromatic heterocycles. The van der Waals surface area contributed by atoms with Crippen LogP contribution in [0.5, 0.6) is 0 Å². The van der Waals surface area contributed by atoms with E-state index in [4.69, 9.17) is 15.0 Å². The van der Waals surface area contributed by atoms with E-state index in [1.165, 1.54) is 42.1 Å². The number of hydrogen-bond acceptors (Lipinski definition) is 4. The third-order valence-corrected chi connectivity index (χ3v) is 11.9. The Hall–Kier alpha value is -7.21. The molecule has 3 heterocycles. The molecule has 8 aromatic carbocycles. The smallest absolute Gasteiger partial charge is 0.166 e. The SMILES string of the molecule is c1ccc(-c2nc(-c3ccccc3)nc(-c3cccc(-c4ccccc4)c3-n3c4ccccc4c4cccc(-c5cccc6c5sc5ccccc56)c43)n2)cc1. The number of benzene rings is 8. The van der Waals surface area contributed by atoms with Crippen molar-refractivity contribution in [2.45, 2.75) is 0 Å². The summed E-state index contributed by atoms with van der Waals surface area (Å²) in [4.78, 5) is 15.6. The molecule has 0 N–H and O–H groups in total. The van der Waals surface area contributed by atoms with Gasteiger partial charge in [-0.2, -0.15) is 0 Å². The first-order valence-corrected chi connectivity index (χ1v) is 19.6. The van der Waals surface area contributed by atoms with Crippen LogP contribution in [0.4, 0.5) is 0 Å². The first-order valence-electron chi connectivity index (χ1n) is 18.8. The Labute approximate surface area is 327 Å². The molecule has 0 atom stereocenters. The number of para-hydroxylation sites is 3. The molecule has 5 heteroatoms. The van der Waals surface area contributed by atoms with E-state index in [0.717, 1.165) is 44.5 Å². The number of aromatic nitrogens is 4. The van der Waals surface area contributed by atoms with E-state index < -0.39 is 0 Å². The summed E-state index contributed by atoms with van der Waals surface area (Å²) in [6.45, 7) is 0. The van der Waals surface area contributed by atoms with Crippen molar-refractivity contribution in [2.24, 2.45) is 0 Å². The van der Waals surface area contributed by atoms with Crippen molar-refractivity contribution in [3.8, 4) is 62.1 Å². The standard InChI is InChI=1S/C51H32N4S/c1-4-17-33(18-5-1)36-25-14-30-43(51-53-49(34-19-6-2-7-20-34)52-50(54-51)35-21-8-3-9-22-35)46(36)55-44-31-12-10-23-37(44)39-26-15-27-40(47(39)55)42-29-16-28-41-38-24-11-13-32-45(38)56-48(41)42/h1-32H. The molecule has 0 amide bonds. The molecular formula is C51H32N4S. The summed E-state index contributed by atoms with van der Waals surface area (Å²) < 4.78 is 5.04. The van der Waals surface area contributed by atoms with Crippen LogP contribution in [0.25, 0.3) is 104 Å². The first kappa shape index (κ1) is 32.2. The second kappa shape index (κ2) is 13.3. The molecule has 0 aliphatic heterocycles. The maximum Gasteiger partial charge on any atom is 0.166 e. The van der Waals surface area contributed by atoms with Crippen LogP contribution in [0.1, 0.15) is 0 Å². The monoisotopic (exact) mass is 732 g/mol. The Balaban J connectivity index is 1.28. The van der Waals surface area contributed by atoms with Gasteiger partial charge in [-0.1, -0.05) is 176 Å². The van der Waals surface area contributed by atoms with Gasteiger partial charge in [-0.3, -0.25) is 0 Å². The molecule has 4 nitrogen and oxygen atoms in total. The van der Waals surface area contributed by atoms with Gasteiger partial charge < -0.3 is 4.57 Å². The molecule has 56 heavy (non-hydrogen) atoms. The van der Waals surface area contributed by atoms with Crippen molar-refractivity contribution >= 4 is 53.3 Å². The molecule has 11 rings (SSSR count). The van der Waals surface area contributed by atoms with Gasteiger partial charge in [-0.15, -0.1) is 11.3 Å². The van der Waals surface area contributed by atoms with E-state index >= 15 is 0 Å². The molecule has 0 saturated heterocycles. The number of thiophene rings is 1. The lowest BCUT2D eigenvalue weighted by atomic mass is 9.97. The van der Waals surface area contributed by atoms with Crippen LogP contribution in [0.3, 0.4) is 0 Å². The van der Waals surface area contributed by atoms with Gasteiger partial charge in [0, 0.05) is 64.3 Å². The predicted molar refractivity (Wildman–Crippen MR) is 234 cm³/mol. The molecule has 0 bridgehead atoms. The van der Waals surface area contributed by atoms with Gasteiger partial charge in [-0.25, -0.2) is 15.0 Å². The fourth-order valence-corrected chi connectivity index (χ4v) is 9.40. The zero-order valence-electron chi connectivity index (χ0n) is 30.2. The maximum atomic E-state index is 5.28. The summed E-state index contributed by atoms with van der Waals surface area (Å²) in [6, 6.07) is 68.5. The topological polar surface area (TPSA) is 43.6 Å². The minimum absolute atomic E-state index is 0.612. The molecular weight excluding hydrogens is 701 g/mol. The lowest BCUT2D eigenvalue weighted by Crippen LogP contribution is -2.05. The number of hydrogen-bond donors (Lipinski definition) is 0. The number of fused-ring (bicyclic) bond motifs is 6. The van der Waals surface area contributed by atoms with Crippen LogP contribution in [-0.4, -0.2) is 19.5 Å². The van der Waals surface area contributed by atoms with E-state index in [1.54, 1.807) is 0 Å². The average Bonchev–Trinajstić information content (AvgIpc) is 3.83. The minimum Gasteiger partial charge on any atom is -0.307 e. The summed E-state index contributed by atoms with van der Waals surface area (Å²) in [5.41, 5.74) is 10.7. The third-order valence-electron chi connectivity index (χ3n) is 10.7. The summed E-state index contributed by atoms with van der Waals surface area (Å²) in [5.74, 6) is 1.87. The van der Waals surface area contributed by atoms with Crippen molar-refractivity contribution in [1.29, 1.82) is 0 Å². The van der Waals surface area contributed by atoms with Gasteiger partial charge in [0.1, 0.15) is 0 Å². The zero-order valence-corrected chi connectivity index (χ0v) is 31.0. The second-order valence-electron chi connectivity index (χ2n) is 13.9. The highest BCUT2D eigenvalue weighted by atomic mass is 32.1. The fourth-order valence-electron chi connectivity index (χ4n) is 8.17. The van der Waals surface area contributed by atoms with Gasteiger partial charge >= 0.3 is 0 Å². The zero-order chi connectivity index (χ0) is 37.0. The Kier molecular flexibility index (Phi) is 7.64. The van der Waals surface area contributed by atoms with Crippen molar-refractivity contribution in [3.05, 3.63) is 194 Å². The minimum atomic E-state index is 0.612. The molecule has 11 aromatic rings. The van der Waals surface area contributed by atoms with E-state index in [0.29, 0.717) is 17.5 Å². The lowest BCUT2D eigenvalue weighted by molar-refractivity contribution is 1.06. The van der Waals surface area contributed by atoms with Crippen LogP contribution in [0.2, 0.25) is 0 Å². The molecule has 0 saturated carbocycles. The molecule has 0 spiro atoms. The van der Waals surface area contributed by atoms with Crippen molar-refractivity contribution in [1.82, 2.24) is 19.5 Å². The van der Waals surface area contributed by atoms with E-state index in [2.05, 4.69) is 162 Å². The highest BCUT2D eigenvalue weighted by Crippen LogP contribution is 2.46. The highest BCUT2D eigenvalue weighted by Gasteiger charge is 2.25. The Morgan fingerprint density at radius 1 is 0.339 bits per heavy atom. The van der Waals surface area contributed by atoms with Gasteiger partial charge in [0.25, 0.3) is 0 Å². The first-order chi connectivity index (χ1) is 27.8. The van der Waals surface area contributed by atoms with Gasteiger partial charge in [0.05, 0.1) is 16.7 Å². The van der Waals surface area contributed by atoms with Crippen molar-refractivity contribution < 1.29 is 0 Å². The van der Waals surface area contributed by atoms with Gasteiger partial charge in [-0.05, 0) is 23.8 Å². The quantitative estimate of drug-likeness (QED) is 0.171. The summed E-state index contributed by atoms with van der Waals surface area (Å²) in [7, 11) is 0. The second-order valence-corrected chi connectivity index (χ2v) is 15.0. The van der Waals surface area contributed by atoms with Gasteiger partial charge in [0.15, 0.2) is 17.5 Å². The molecule has 0 fully saturated rings. The maximum absolute atomic E-state index is 5.28. The number of rotatable bonds is 6. The van der Waals surface area contributed by atoms with Crippen molar-refractivity contribution in [2.75, 3.05) is 0 Å². The van der Waals surface area contributed by atoms with Crippen LogP contribution in [0, 0.1) is 0 Å². The Morgan fingerprint density at radius 3 is 1.55 bits per heavy atom. The van der Waals surface area contributed by atoms with Crippen LogP contribution >= 0.6 is 11.3 Å². The lowest BCUT2D eigenvalue weighted by Gasteiger charge is -2.20. The van der Waals surface area contributed by atoms with E-state index in [1.807, 2.05) is 47.7 Å². The fraction of sp³-hybridized carbons (Fsp3) is 0. The largest absolute Gasteiger partial charge is 0.307 e. The Bertz CT molecular complexity index is 3180.